The van der Waals surface area contributed by atoms with Crippen molar-refractivity contribution in [3.8, 4) is 0 Å². The van der Waals surface area contributed by atoms with Crippen molar-refractivity contribution in [3.05, 3.63) is 57.6 Å². The second-order valence-electron chi connectivity index (χ2n) is 8.37. The van der Waals surface area contributed by atoms with Gasteiger partial charge in [-0.1, -0.05) is 43.1 Å². The van der Waals surface area contributed by atoms with Crippen LogP contribution in [0.3, 0.4) is 0 Å². The van der Waals surface area contributed by atoms with E-state index in [0.29, 0.717) is 5.56 Å². The average Bonchev–Trinajstić information content (AvgIpc) is 2.70. The fourth-order valence-electron chi connectivity index (χ4n) is 3.52. The number of rotatable bonds is 5. The summed E-state index contributed by atoms with van der Waals surface area (Å²) in [5, 5.41) is 3.24. The molecule has 5 nitrogen and oxygen atoms in total. The second-order valence-corrected chi connectivity index (χ2v) is 9.15. The molecule has 0 spiro atoms. The van der Waals surface area contributed by atoms with E-state index < -0.39 is 17.9 Å². The Labute approximate surface area is 189 Å². The highest BCUT2D eigenvalue weighted by atomic mass is 35.5. The molecule has 0 bridgehead atoms. The van der Waals surface area contributed by atoms with Crippen LogP contribution in [-0.2, 0) is 6.18 Å². The highest BCUT2D eigenvalue weighted by molar-refractivity contribution is 6.43. The minimum atomic E-state index is -4.61. The molecule has 0 aliphatic carbocycles. The predicted octanol–water partition coefficient (Wildman–Crippen LogP) is 5.40. The first-order chi connectivity index (χ1) is 14.5. The molecule has 0 saturated carbocycles. The van der Waals surface area contributed by atoms with Crippen LogP contribution in [0.2, 0.25) is 10.0 Å². The average molecular weight is 475 g/mol. The van der Waals surface area contributed by atoms with Crippen molar-refractivity contribution < 1.29 is 18.0 Å². The number of piperidine rings is 1. The van der Waals surface area contributed by atoms with Crippen LogP contribution in [0, 0.1) is 5.41 Å². The Morgan fingerprint density at radius 2 is 1.81 bits per heavy atom. The van der Waals surface area contributed by atoms with Crippen LogP contribution in [0.4, 0.5) is 13.2 Å². The van der Waals surface area contributed by atoms with Crippen molar-refractivity contribution in [2.24, 2.45) is 5.41 Å². The normalized spacial score (nSPS) is 17.9. The Bertz CT molecular complexity index is 925. The molecule has 3 rings (SSSR count). The van der Waals surface area contributed by atoms with E-state index in [9.17, 15) is 18.0 Å². The third kappa shape index (κ3) is 5.87. The number of alkyl halides is 3. The molecule has 1 aromatic heterocycles. The maximum Gasteiger partial charge on any atom is 0.451 e. The van der Waals surface area contributed by atoms with E-state index in [-0.39, 0.29) is 33.6 Å². The Morgan fingerprint density at radius 3 is 2.39 bits per heavy atom. The number of benzene rings is 1. The van der Waals surface area contributed by atoms with Crippen LogP contribution in [0.1, 0.15) is 54.5 Å². The molecule has 1 fully saturated rings. The predicted molar refractivity (Wildman–Crippen MR) is 113 cm³/mol. The molecule has 1 amide bonds. The Morgan fingerprint density at radius 1 is 1.19 bits per heavy atom. The highest BCUT2D eigenvalue weighted by Crippen LogP contribution is 2.34. The zero-order chi connectivity index (χ0) is 22.8. The first-order valence-corrected chi connectivity index (χ1v) is 10.6. The molecule has 10 heteroatoms. The summed E-state index contributed by atoms with van der Waals surface area (Å²) >= 11 is 12.1. The fourth-order valence-corrected chi connectivity index (χ4v) is 3.91. The van der Waals surface area contributed by atoms with Crippen LogP contribution in [-0.4, -0.2) is 40.4 Å². The molecule has 1 aromatic carbocycles. The van der Waals surface area contributed by atoms with Gasteiger partial charge in [0.1, 0.15) is 0 Å². The minimum Gasteiger partial charge on any atom is -0.350 e. The van der Waals surface area contributed by atoms with Gasteiger partial charge in [-0.3, -0.25) is 9.69 Å². The standard InChI is InChI=1S/C21H23Cl2F3N4O/c1-20(2)6-8-30(9-7-20)16(13-10-28-19(29-11-13)21(24,25)26)12-27-18(31)14-4-3-5-15(22)17(14)23/h3-5,10-11,16H,6-9,12H2,1-2H3,(H,27,31). The van der Waals surface area contributed by atoms with Crippen LogP contribution in [0.5, 0.6) is 0 Å². The molecule has 2 heterocycles. The summed E-state index contributed by atoms with van der Waals surface area (Å²) < 4.78 is 38.6. The van der Waals surface area contributed by atoms with Gasteiger partial charge in [-0.2, -0.15) is 13.2 Å². The number of hydrogen-bond acceptors (Lipinski definition) is 4. The van der Waals surface area contributed by atoms with Gasteiger partial charge in [0.15, 0.2) is 0 Å². The Kier molecular flexibility index (Phi) is 7.13. The summed E-state index contributed by atoms with van der Waals surface area (Å²) in [6.07, 6.45) is -0.393. The first kappa shape index (κ1) is 23.8. The molecule has 1 N–H and O–H groups in total. The molecule has 1 saturated heterocycles. The van der Waals surface area contributed by atoms with Crippen molar-refractivity contribution in [1.29, 1.82) is 0 Å². The SMILES string of the molecule is CC1(C)CCN(C(CNC(=O)c2cccc(Cl)c2Cl)c2cnc(C(F)(F)F)nc2)CC1. The molecule has 1 atom stereocenters. The molecular formula is C21H23Cl2F3N4O. The van der Waals surface area contributed by atoms with Gasteiger partial charge in [-0.05, 0) is 43.5 Å². The van der Waals surface area contributed by atoms with E-state index in [0.717, 1.165) is 25.9 Å². The molecule has 0 radical (unpaired) electrons. The van der Waals surface area contributed by atoms with Gasteiger partial charge in [0.2, 0.25) is 5.82 Å². The number of amides is 1. The molecular weight excluding hydrogens is 452 g/mol. The lowest BCUT2D eigenvalue weighted by Crippen LogP contribution is -2.44. The van der Waals surface area contributed by atoms with Crippen molar-refractivity contribution in [3.63, 3.8) is 0 Å². The lowest BCUT2D eigenvalue weighted by atomic mass is 9.82. The molecule has 2 aromatic rings. The fraction of sp³-hybridized carbons (Fsp3) is 0.476. The third-order valence-electron chi connectivity index (χ3n) is 5.55. The number of carbonyl (C=O) groups is 1. The second kappa shape index (κ2) is 9.30. The van der Waals surface area contributed by atoms with Crippen LogP contribution in [0.25, 0.3) is 0 Å². The van der Waals surface area contributed by atoms with Crippen LogP contribution < -0.4 is 5.32 Å². The van der Waals surface area contributed by atoms with Gasteiger partial charge in [-0.25, -0.2) is 9.97 Å². The monoisotopic (exact) mass is 474 g/mol. The number of halogens is 5. The third-order valence-corrected chi connectivity index (χ3v) is 6.37. The van der Waals surface area contributed by atoms with E-state index in [2.05, 4.69) is 34.0 Å². The Hall–Kier alpha value is -1.90. The molecule has 1 aliphatic rings. The van der Waals surface area contributed by atoms with Crippen LogP contribution in [0.15, 0.2) is 30.6 Å². The largest absolute Gasteiger partial charge is 0.451 e. The van der Waals surface area contributed by atoms with Gasteiger partial charge >= 0.3 is 6.18 Å². The molecule has 31 heavy (non-hydrogen) atoms. The van der Waals surface area contributed by atoms with E-state index in [4.69, 9.17) is 23.2 Å². The van der Waals surface area contributed by atoms with Crippen molar-refractivity contribution in [2.45, 2.75) is 38.9 Å². The first-order valence-electron chi connectivity index (χ1n) is 9.83. The zero-order valence-corrected chi connectivity index (χ0v) is 18.7. The number of carbonyl (C=O) groups excluding carboxylic acids is 1. The van der Waals surface area contributed by atoms with Gasteiger partial charge in [0.25, 0.3) is 5.91 Å². The van der Waals surface area contributed by atoms with Gasteiger partial charge in [0, 0.05) is 24.5 Å². The quantitative estimate of drug-likeness (QED) is 0.630. The number of aromatic nitrogens is 2. The molecule has 168 valence electrons. The summed E-state index contributed by atoms with van der Waals surface area (Å²) in [7, 11) is 0. The number of hydrogen-bond donors (Lipinski definition) is 1. The van der Waals surface area contributed by atoms with Crippen molar-refractivity contribution in [1.82, 2.24) is 20.2 Å². The van der Waals surface area contributed by atoms with Gasteiger partial charge in [0.05, 0.1) is 21.7 Å². The van der Waals surface area contributed by atoms with E-state index in [1.165, 1.54) is 12.4 Å². The van der Waals surface area contributed by atoms with E-state index >= 15 is 0 Å². The lowest BCUT2D eigenvalue weighted by molar-refractivity contribution is -0.145. The van der Waals surface area contributed by atoms with E-state index in [1.807, 2.05) is 0 Å². The summed E-state index contributed by atoms with van der Waals surface area (Å²) in [5.74, 6) is -1.60. The summed E-state index contributed by atoms with van der Waals surface area (Å²) in [6, 6.07) is 4.39. The minimum absolute atomic E-state index is 0.149. The molecule has 1 unspecified atom stereocenters. The summed E-state index contributed by atoms with van der Waals surface area (Å²) in [4.78, 5) is 21.8. The maximum atomic E-state index is 12.9. The van der Waals surface area contributed by atoms with E-state index in [1.54, 1.807) is 18.2 Å². The Balaban J connectivity index is 1.80. The lowest BCUT2D eigenvalue weighted by Gasteiger charge is -2.41. The number of likely N-dealkylation sites (tertiary alicyclic amines) is 1. The van der Waals surface area contributed by atoms with Crippen molar-refractivity contribution in [2.75, 3.05) is 19.6 Å². The van der Waals surface area contributed by atoms with Crippen LogP contribution >= 0.6 is 23.2 Å². The molecule has 1 aliphatic heterocycles. The topological polar surface area (TPSA) is 58.1 Å². The highest BCUT2D eigenvalue weighted by Gasteiger charge is 2.35. The van der Waals surface area contributed by atoms with Gasteiger partial charge in [-0.15, -0.1) is 0 Å². The smallest absolute Gasteiger partial charge is 0.350 e. The maximum absolute atomic E-state index is 12.9. The van der Waals surface area contributed by atoms with Crippen molar-refractivity contribution >= 4 is 29.1 Å². The van der Waals surface area contributed by atoms with Gasteiger partial charge < -0.3 is 5.32 Å². The summed E-state index contributed by atoms with van der Waals surface area (Å²) in [6.45, 7) is 6.02. The number of nitrogens with zero attached hydrogens (tertiary/aromatic N) is 3. The zero-order valence-electron chi connectivity index (χ0n) is 17.1. The number of nitrogens with one attached hydrogen (secondary N) is 1. The summed E-state index contributed by atoms with van der Waals surface area (Å²) in [5.41, 5.74) is 0.927.